The maximum Gasteiger partial charge on any atom is 0.241 e. The SMILES string of the molecule is Cc1nc(SCC(=O)N2c3ccccc3CCc3ccccc32)c2c(C)c(C)sc2n1. The monoisotopic (exact) mass is 445 g/mol. The number of hydrogen-bond acceptors (Lipinski definition) is 5. The molecule has 0 N–H and O–H groups in total. The summed E-state index contributed by atoms with van der Waals surface area (Å²) < 4.78 is 0. The highest BCUT2D eigenvalue weighted by Crippen LogP contribution is 2.38. The van der Waals surface area contributed by atoms with E-state index < -0.39 is 0 Å². The molecule has 6 heteroatoms. The van der Waals surface area contributed by atoms with Crippen LogP contribution in [0.3, 0.4) is 0 Å². The molecule has 156 valence electrons. The van der Waals surface area contributed by atoms with Crippen LogP contribution in [-0.4, -0.2) is 21.6 Å². The topological polar surface area (TPSA) is 46.1 Å². The Bertz CT molecular complexity index is 1260. The molecule has 2 aromatic heterocycles. The first-order valence-electron chi connectivity index (χ1n) is 10.4. The van der Waals surface area contributed by atoms with Crippen LogP contribution < -0.4 is 4.90 Å². The third-order valence-corrected chi connectivity index (χ3v) is 7.88. The highest BCUT2D eigenvalue weighted by atomic mass is 32.2. The van der Waals surface area contributed by atoms with E-state index in [-0.39, 0.29) is 5.91 Å². The van der Waals surface area contributed by atoms with E-state index in [2.05, 4.69) is 48.1 Å². The van der Waals surface area contributed by atoms with Crippen molar-refractivity contribution in [2.75, 3.05) is 10.7 Å². The lowest BCUT2D eigenvalue weighted by Crippen LogP contribution is -2.28. The van der Waals surface area contributed by atoms with Crippen molar-refractivity contribution < 1.29 is 4.79 Å². The van der Waals surface area contributed by atoms with Crippen molar-refractivity contribution in [1.29, 1.82) is 0 Å². The Morgan fingerprint density at radius 2 is 1.58 bits per heavy atom. The van der Waals surface area contributed by atoms with Crippen LogP contribution in [0.5, 0.6) is 0 Å². The zero-order valence-corrected chi connectivity index (χ0v) is 19.4. The molecular weight excluding hydrogens is 422 g/mol. The summed E-state index contributed by atoms with van der Waals surface area (Å²) >= 11 is 3.21. The number of thiophene rings is 1. The standard InChI is InChI=1S/C25H23N3OS2/c1-15-16(2)31-25-23(15)24(26-17(3)27-25)30-14-22(29)28-20-10-6-4-8-18(20)12-13-19-9-5-7-11-21(19)28/h4-11H,12-14H2,1-3H3. The second-order valence-electron chi connectivity index (χ2n) is 7.81. The molecule has 0 saturated carbocycles. The zero-order valence-electron chi connectivity index (χ0n) is 17.8. The summed E-state index contributed by atoms with van der Waals surface area (Å²) in [6.07, 6.45) is 1.87. The van der Waals surface area contributed by atoms with Gasteiger partial charge in [0.1, 0.15) is 15.7 Å². The molecule has 2 aromatic carbocycles. The van der Waals surface area contributed by atoms with Crippen molar-refractivity contribution in [2.24, 2.45) is 0 Å². The van der Waals surface area contributed by atoms with Gasteiger partial charge >= 0.3 is 0 Å². The van der Waals surface area contributed by atoms with Gasteiger partial charge in [-0.2, -0.15) is 0 Å². The summed E-state index contributed by atoms with van der Waals surface area (Å²) in [5.74, 6) is 1.14. The lowest BCUT2D eigenvalue weighted by atomic mass is 10.0. The fourth-order valence-corrected chi connectivity index (χ4v) is 6.28. The summed E-state index contributed by atoms with van der Waals surface area (Å²) in [5.41, 5.74) is 5.61. The van der Waals surface area contributed by atoms with Crippen LogP contribution in [0.4, 0.5) is 11.4 Å². The number of amides is 1. The molecule has 0 radical (unpaired) electrons. The van der Waals surface area contributed by atoms with Crippen LogP contribution in [-0.2, 0) is 17.6 Å². The van der Waals surface area contributed by atoms with Gasteiger partial charge in [0.2, 0.25) is 5.91 Å². The largest absolute Gasteiger partial charge is 0.280 e. The summed E-state index contributed by atoms with van der Waals surface area (Å²) in [5, 5.41) is 1.98. The van der Waals surface area contributed by atoms with E-state index in [1.807, 2.05) is 36.1 Å². The highest BCUT2D eigenvalue weighted by Gasteiger charge is 2.26. The Labute approximate surface area is 190 Å². The molecular formula is C25H23N3OS2. The number of rotatable bonds is 3. The van der Waals surface area contributed by atoms with Gasteiger partial charge in [-0.3, -0.25) is 9.69 Å². The molecule has 0 spiro atoms. The highest BCUT2D eigenvalue weighted by molar-refractivity contribution is 8.00. The molecule has 0 unspecified atom stereocenters. The minimum absolute atomic E-state index is 0.0702. The molecule has 0 atom stereocenters. The number of carbonyl (C=O) groups is 1. The number of hydrogen-bond donors (Lipinski definition) is 0. The fraction of sp³-hybridized carbons (Fsp3) is 0.240. The quantitative estimate of drug-likeness (QED) is 0.279. The third-order valence-electron chi connectivity index (χ3n) is 5.82. The van der Waals surface area contributed by atoms with Gasteiger partial charge in [-0.25, -0.2) is 9.97 Å². The predicted molar refractivity (Wildman–Crippen MR) is 130 cm³/mol. The molecule has 1 aliphatic heterocycles. The van der Waals surface area contributed by atoms with Gasteiger partial charge in [0.15, 0.2) is 0 Å². The predicted octanol–water partition coefficient (Wildman–Crippen LogP) is 6.17. The van der Waals surface area contributed by atoms with Gasteiger partial charge in [0.25, 0.3) is 0 Å². The molecule has 5 rings (SSSR count). The number of para-hydroxylation sites is 2. The van der Waals surface area contributed by atoms with Crippen LogP contribution in [0.25, 0.3) is 10.2 Å². The molecule has 1 amide bonds. The molecule has 0 fully saturated rings. The van der Waals surface area contributed by atoms with Crippen molar-refractivity contribution in [3.8, 4) is 0 Å². The van der Waals surface area contributed by atoms with Gasteiger partial charge < -0.3 is 0 Å². The Balaban J connectivity index is 1.52. The maximum absolute atomic E-state index is 13.6. The number of benzene rings is 2. The Hall–Kier alpha value is -2.70. The second-order valence-corrected chi connectivity index (χ2v) is 9.98. The van der Waals surface area contributed by atoms with Gasteiger partial charge in [-0.1, -0.05) is 48.2 Å². The molecule has 0 aliphatic carbocycles. The van der Waals surface area contributed by atoms with E-state index in [0.717, 1.165) is 45.3 Å². The van der Waals surface area contributed by atoms with Crippen LogP contribution in [0, 0.1) is 20.8 Å². The molecule has 31 heavy (non-hydrogen) atoms. The minimum Gasteiger partial charge on any atom is -0.280 e. The number of thioether (sulfide) groups is 1. The summed E-state index contributed by atoms with van der Waals surface area (Å²) in [6.45, 7) is 6.14. The van der Waals surface area contributed by atoms with E-state index in [1.54, 1.807) is 11.3 Å². The van der Waals surface area contributed by atoms with E-state index >= 15 is 0 Å². The van der Waals surface area contributed by atoms with Gasteiger partial charge in [-0.05, 0) is 62.4 Å². The van der Waals surface area contributed by atoms with Crippen LogP contribution in [0.1, 0.15) is 27.4 Å². The van der Waals surface area contributed by atoms with Crippen molar-refractivity contribution in [3.05, 3.63) is 75.9 Å². The maximum atomic E-state index is 13.6. The second kappa shape index (κ2) is 8.09. The van der Waals surface area contributed by atoms with Crippen LogP contribution in [0.2, 0.25) is 0 Å². The number of aromatic nitrogens is 2. The molecule has 0 saturated heterocycles. The zero-order chi connectivity index (χ0) is 21.5. The summed E-state index contributed by atoms with van der Waals surface area (Å²) in [4.78, 5) is 27.1. The minimum atomic E-state index is 0.0702. The molecule has 4 nitrogen and oxygen atoms in total. The Morgan fingerprint density at radius 1 is 0.968 bits per heavy atom. The molecule has 1 aliphatic rings. The number of carbonyl (C=O) groups excluding carboxylic acids is 1. The number of anilines is 2. The lowest BCUT2D eigenvalue weighted by molar-refractivity contribution is -0.115. The van der Waals surface area contributed by atoms with Gasteiger partial charge in [-0.15, -0.1) is 11.3 Å². The van der Waals surface area contributed by atoms with E-state index in [4.69, 9.17) is 0 Å². The van der Waals surface area contributed by atoms with E-state index in [0.29, 0.717) is 5.75 Å². The molecule has 0 bridgehead atoms. The first kappa shape index (κ1) is 20.2. The number of nitrogens with zero attached hydrogens (tertiary/aromatic N) is 3. The third kappa shape index (κ3) is 3.64. The van der Waals surface area contributed by atoms with E-state index in [1.165, 1.54) is 33.3 Å². The number of aryl methyl sites for hydroxylation is 5. The van der Waals surface area contributed by atoms with Crippen LogP contribution >= 0.6 is 23.1 Å². The Morgan fingerprint density at radius 3 is 2.23 bits per heavy atom. The van der Waals surface area contributed by atoms with Gasteiger partial charge in [0, 0.05) is 10.3 Å². The van der Waals surface area contributed by atoms with Crippen molar-refractivity contribution in [3.63, 3.8) is 0 Å². The van der Waals surface area contributed by atoms with E-state index in [9.17, 15) is 4.79 Å². The van der Waals surface area contributed by atoms with Crippen molar-refractivity contribution in [1.82, 2.24) is 9.97 Å². The van der Waals surface area contributed by atoms with Crippen molar-refractivity contribution in [2.45, 2.75) is 38.6 Å². The summed E-state index contributed by atoms with van der Waals surface area (Å²) in [6, 6.07) is 16.5. The normalized spacial score (nSPS) is 13.1. The first-order valence-corrected chi connectivity index (χ1v) is 12.2. The van der Waals surface area contributed by atoms with Crippen molar-refractivity contribution >= 4 is 50.6 Å². The van der Waals surface area contributed by atoms with Crippen LogP contribution in [0.15, 0.2) is 53.6 Å². The first-order chi connectivity index (χ1) is 15.0. The summed E-state index contributed by atoms with van der Waals surface area (Å²) in [7, 11) is 0. The average Bonchev–Trinajstić information content (AvgIpc) is 2.95. The molecule has 4 aromatic rings. The van der Waals surface area contributed by atoms with Gasteiger partial charge in [0.05, 0.1) is 17.1 Å². The average molecular weight is 446 g/mol. The molecule has 3 heterocycles. The Kier molecular flexibility index (Phi) is 5.28. The number of fused-ring (bicyclic) bond motifs is 3. The smallest absolute Gasteiger partial charge is 0.241 e. The lowest BCUT2D eigenvalue weighted by Gasteiger charge is -2.25. The fourth-order valence-electron chi connectivity index (χ4n) is 4.16.